The molecular weight excluding hydrogens is 270 g/mol. The van der Waals surface area contributed by atoms with Crippen LogP contribution in [0.15, 0.2) is 12.1 Å². The zero-order chi connectivity index (χ0) is 16.1. The fourth-order valence-corrected chi connectivity index (χ4v) is 3.98. The van der Waals surface area contributed by atoms with E-state index in [1.165, 1.54) is 49.2 Å². The molecule has 1 aliphatic heterocycles. The van der Waals surface area contributed by atoms with E-state index in [4.69, 9.17) is 4.74 Å². The second-order valence-corrected chi connectivity index (χ2v) is 7.49. The third-order valence-electron chi connectivity index (χ3n) is 4.66. The summed E-state index contributed by atoms with van der Waals surface area (Å²) in [6.45, 7) is 15.8. The predicted octanol–water partition coefficient (Wildman–Crippen LogP) is 4.75. The van der Waals surface area contributed by atoms with Gasteiger partial charge in [0.05, 0.1) is 6.61 Å². The van der Waals surface area contributed by atoms with Crippen LogP contribution in [0.3, 0.4) is 0 Å². The number of ether oxygens (including phenoxy) is 1. The van der Waals surface area contributed by atoms with Gasteiger partial charge in [-0.3, -0.25) is 0 Å². The molecule has 1 aliphatic rings. The minimum Gasteiger partial charge on any atom is -0.493 e. The summed E-state index contributed by atoms with van der Waals surface area (Å²) >= 11 is 0. The van der Waals surface area contributed by atoms with Gasteiger partial charge in [-0.25, -0.2) is 0 Å². The number of nitrogens with zero attached hydrogens (tertiary/aromatic N) is 1. The van der Waals surface area contributed by atoms with Gasteiger partial charge in [0.2, 0.25) is 0 Å². The molecule has 0 amide bonds. The molecule has 2 nitrogen and oxygen atoms in total. The second-order valence-electron chi connectivity index (χ2n) is 7.49. The van der Waals surface area contributed by atoms with Crippen LogP contribution >= 0.6 is 0 Å². The fourth-order valence-electron chi connectivity index (χ4n) is 3.98. The highest BCUT2D eigenvalue weighted by atomic mass is 16.5. The Morgan fingerprint density at radius 1 is 1.00 bits per heavy atom. The SMILES string of the molecule is Cc1cc(C)c(OCCCCN2CC(C)CC(C)C2)c(C)c1. The average Bonchev–Trinajstić information content (AvgIpc) is 2.39. The maximum atomic E-state index is 6.04. The summed E-state index contributed by atoms with van der Waals surface area (Å²) in [7, 11) is 0. The molecule has 2 unspecified atom stereocenters. The Balaban J connectivity index is 1.69. The van der Waals surface area contributed by atoms with Gasteiger partial charge in [-0.05, 0) is 69.5 Å². The van der Waals surface area contributed by atoms with Crippen molar-refractivity contribution in [2.75, 3.05) is 26.2 Å². The Morgan fingerprint density at radius 2 is 1.59 bits per heavy atom. The minimum atomic E-state index is 0.837. The third-order valence-corrected chi connectivity index (χ3v) is 4.66. The van der Waals surface area contributed by atoms with Crippen molar-refractivity contribution in [3.63, 3.8) is 0 Å². The van der Waals surface area contributed by atoms with Crippen LogP contribution in [-0.4, -0.2) is 31.1 Å². The lowest BCUT2D eigenvalue weighted by Gasteiger charge is -2.34. The van der Waals surface area contributed by atoms with E-state index >= 15 is 0 Å². The highest BCUT2D eigenvalue weighted by Gasteiger charge is 2.20. The van der Waals surface area contributed by atoms with Crippen molar-refractivity contribution in [1.29, 1.82) is 0 Å². The lowest BCUT2D eigenvalue weighted by atomic mass is 9.92. The van der Waals surface area contributed by atoms with Gasteiger partial charge < -0.3 is 9.64 Å². The molecule has 1 fully saturated rings. The molecule has 1 heterocycles. The molecule has 1 aromatic carbocycles. The first kappa shape index (κ1) is 17.3. The molecule has 0 radical (unpaired) electrons. The van der Waals surface area contributed by atoms with Gasteiger partial charge in [-0.1, -0.05) is 31.5 Å². The summed E-state index contributed by atoms with van der Waals surface area (Å²) < 4.78 is 6.04. The first-order valence-electron chi connectivity index (χ1n) is 8.88. The average molecular weight is 303 g/mol. The van der Waals surface area contributed by atoms with Crippen molar-refractivity contribution in [1.82, 2.24) is 4.90 Å². The van der Waals surface area contributed by atoms with Crippen LogP contribution in [0, 0.1) is 32.6 Å². The second kappa shape index (κ2) is 8.01. The molecule has 1 saturated heterocycles. The van der Waals surface area contributed by atoms with Gasteiger partial charge >= 0.3 is 0 Å². The van der Waals surface area contributed by atoms with Crippen LogP contribution in [0.4, 0.5) is 0 Å². The summed E-state index contributed by atoms with van der Waals surface area (Å²) in [5.74, 6) is 2.81. The molecular formula is C20H33NO. The molecule has 0 saturated carbocycles. The van der Waals surface area contributed by atoms with Crippen LogP contribution in [0.2, 0.25) is 0 Å². The van der Waals surface area contributed by atoms with Crippen molar-refractivity contribution >= 4 is 0 Å². The Labute approximate surface area is 136 Å². The predicted molar refractivity (Wildman–Crippen MR) is 94.8 cm³/mol. The lowest BCUT2D eigenvalue weighted by molar-refractivity contribution is 0.136. The van der Waals surface area contributed by atoms with Gasteiger partial charge in [0.15, 0.2) is 0 Å². The first-order chi connectivity index (χ1) is 10.5. The zero-order valence-electron chi connectivity index (χ0n) is 15.1. The fraction of sp³-hybridized carbons (Fsp3) is 0.700. The van der Waals surface area contributed by atoms with E-state index in [1.807, 2.05) is 0 Å². The normalized spacial score (nSPS) is 22.8. The topological polar surface area (TPSA) is 12.5 Å². The van der Waals surface area contributed by atoms with Crippen molar-refractivity contribution < 1.29 is 4.74 Å². The van der Waals surface area contributed by atoms with E-state index in [2.05, 4.69) is 51.7 Å². The summed E-state index contributed by atoms with van der Waals surface area (Å²) in [6, 6.07) is 4.41. The van der Waals surface area contributed by atoms with Crippen LogP contribution < -0.4 is 4.74 Å². The number of rotatable bonds is 6. The molecule has 2 rings (SSSR count). The van der Waals surface area contributed by atoms with Crippen LogP contribution in [0.5, 0.6) is 5.75 Å². The summed E-state index contributed by atoms with van der Waals surface area (Å²) in [4.78, 5) is 2.64. The molecule has 0 bridgehead atoms. The maximum absolute atomic E-state index is 6.04. The monoisotopic (exact) mass is 303 g/mol. The number of aryl methyl sites for hydroxylation is 3. The number of piperidine rings is 1. The highest BCUT2D eigenvalue weighted by Crippen LogP contribution is 2.25. The van der Waals surface area contributed by atoms with E-state index in [1.54, 1.807) is 0 Å². The molecule has 0 aliphatic carbocycles. The van der Waals surface area contributed by atoms with Gasteiger partial charge in [0.1, 0.15) is 5.75 Å². The van der Waals surface area contributed by atoms with E-state index in [0.717, 1.165) is 30.6 Å². The highest BCUT2D eigenvalue weighted by molar-refractivity contribution is 5.42. The maximum Gasteiger partial charge on any atom is 0.125 e. The molecule has 0 spiro atoms. The Hall–Kier alpha value is -1.02. The summed E-state index contributed by atoms with van der Waals surface area (Å²) in [5, 5.41) is 0. The number of likely N-dealkylation sites (tertiary alicyclic amines) is 1. The summed E-state index contributed by atoms with van der Waals surface area (Å²) in [6.07, 6.45) is 3.78. The number of hydrogen-bond acceptors (Lipinski definition) is 2. The van der Waals surface area contributed by atoms with Crippen LogP contribution in [-0.2, 0) is 0 Å². The minimum absolute atomic E-state index is 0.837. The molecule has 0 aromatic heterocycles. The standard InChI is InChI=1S/C20H33NO/c1-15-11-18(4)20(19(5)12-15)22-9-7-6-8-21-13-16(2)10-17(3)14-21/h11-12,16-17H,6-10,13-14H2,1-5H3. The van der Waals surface area contributed by atoms with Crippen molar-refractivity contribution in [3.05, 3.63) is 28.8 Å². The summed E-state index contributed by atoms with van der Waals surface area (Å²) in [5.41, 5.74) is 3.84. The van der Waals surface area contributed by atoms with Gasteiger partial charge in [0.25, 0.3) is 0 Å². The molecule has 0 N–H and O–H groups in total. The Bertz CT molecular complexity index is 450. The van der Waals surface area contributed by atoms with Gasteiger partial charge in [-0.15, -0.1) is 0 Å². The third kappa shape index (κ3) is 5.01. The van der Waals surface area contributed by atoms with Crippen molar-refractivity contribution in [3.8, 4) is 5.75 Å². The quantitative estimate of drug-likeness (QED) is 0.703. The number of unbranched alkanes of at least 4 members (excludes halogenated alkanes) is 1. The van der Waals surface area contributed by atoms with Crippen molar-refractivity contribution in [2.24, 2.45) is 11.8 Å². The zero-order valence-corrected chi connectivity index (χ0v) is 15.1. The first-order valence-corrected chi connectivity index (χ1v) is 8.88. The van der Waals surface area contributed by atoms with E-state index < -0.39 is 0 Å². The molecule has 1 aromatic rings. The smallest absolute Gasteiger partial charge is 0.125 e. The Kier molecular flexibility index (Phi) is 6.31. The van der Waals surface area contributed by atoms with Crippen molar-refractivity contribution in [2.45, 2.75) is 53.9 Å². The van der Waals surface area contributed by atoms with Crippen LogP contribution in [0.1, 0.15) is 49.8 Å². The number of hydrogen-bond donors (Lipinski definition) is 0. The number of benzene rings is 1. The van der Waals surface area contributed by atoms with Gasteiger partial charge in [0, 0.05) is 13.1 Å². The Morgan fingerprint density at radius 3 is 2.18 bits per heavy atom. The van der Waals surface area contributed by atoms with Gasteiger partial charge in [-0.2, -0.15) is 0 Å². The molecule has 124 valence electrons. The molecule has 2 atom stereocenters. The lowest BCUT2D eigenvalue weighted by Crippen LogP contribution is -2.39. The largest absolute Gasteiger partial charge is 0.493 e. The van der Waals surface area contributed by atoms with Crippen LogP contribution in [0.25, 0.3) is 0 Å². The molecule has 22 heavy (non-hydrogen) atoms. The molecule has 2 heteroatoms. The van der Waals surface area contributed by atoms with E-state index in [0.29, 0.717) is 0 Å². The van der Waals surface area contributed by atoms with E-state index in [-0.39, 0.29) is 0 Å². The van der Waals surface area contributed by atoms with E-state index in [9.17, 15) is 0 Å².